The van der Waals surface area contributed by atoms with Gasteiger partial charge in [-0.1, -0.05) is 11.6 Å². The van der Waals surface area contributed by atoms with E-state index >= 15 is 0 Å². The van der Waals surface area contributed by atoms with Crippen LogP contribution in [0, 0.1) is 10.1 Å². The van der Waals surface area contributed by atoms with E-state index in [0.717, 1.165) is 0 Å². The zero-order valence-corrected chi connectivity index (χ0v) is 15.2. The van der Waals surface area contributed by atoms with E-state index in [1.807, 2.05) is 0 Å². The van der Waals surface area contributed by atoms with Crippen LogP contribution in [0.25, 0.3) is 0 Å². The zero-order chi connectivity index (χ0) is 20.0. The summed E-state index contributed by atoms with van der Waals surface area (Å²) in [6.45, 7) is 1.31. The zero-order valence-electron chi connectivity index (χ0n) is 14.4. The van der Waals surface area contributed by atoms with Crippen molar-refractivity contribution in [1.82, 2.24) is 0 Å². The smallest absolute Gasteiger partial charge is 0.273 e. The molecule has 0 fully saturated rings. The highest BCUT2D eigenvalue weighted by atomic mass is 35.5. The fraction of sp³-hybridized carbons (Fsp3) is 0.176. The quantitative estimate of drug-likeness (QED) is 0.320. The highest BCUT2D eigenvalue weighted by Crippen LogP contribution is 2.33. The van der Waals surface area contributed by atoms with Gasteiger partial charge in [-0.05, 0) is 25.1 Å². The van der Waals surface area contributed by atoms with Crippen molar-refractivity contribution in [3.05, 3.63) is 51.5 Å². The molecule has 10 heteroatoms. The molecular formula is C17H15ClN4O5. The molecule has 2 rings (SSSR count). The summed E-state index contributed by atoms with van der Waals surface area (Å²) in [6, 6.07) is 8.49. The first-order valence-corrected chi connectivity index (χ1v) is 8.00. The van der Waals surface area contributed by atoms with Gasteiger partial charge in [0.05, 0.1) is 29.8 Å². The molecule has 0 atom stereocenters. The lowest BCUT2D eigenvalue weighted by Crippen LogP contribution is -2.14. The Morgan fingerprint density at radius 3 is 2.59 bits per heavy atom. The van der Waals surface area contributed by atoms with Gasteiger partial charge in [-0.25, -0.2) is 0 Å². The standard InChI is InChI=1S/C17H15ClN4O5/c1-10(23)5-17(24)19-15-4-3-14(27-2)9-16(15)21-20-12-6-11(18)7-13(8-12)22(25)26/h3-4,6-9H,5H2,1-2H3,(H,19,24). The summed E-state index contributed by atoms with van der Waals surface area (Å²) < 4.78 is 5.12. The molecule has 0 spiro atoms. The molecule has 2 aromatic carbocycles. The number of carbonyl (C=O) groups is 2. The predicted molar refractivity (Wildman–Crippen MR) is 99.2 cm³/mol. The molecule has 0 saturated heterocycles. The molecule has 0 saturated carbocycles. The molecule has 0 aliphatic rings. The number of amides is 1. The molecule has 0 aromatic heterocycles. The van der Waals surface area contributed by atoms with Gasteiger partial charge >= 0.3 is 0 Å². The van der Waals surface area contributed by atoms with E-state index in [-0.39, 0.29) is 34.3 Å². The van der Waals surface area contributed by atoms with Gasteiger partial charge in [-0.2, -0.15) is 5.11 Å². The molecule has 0 heterocycles. The monoisotopic (exact) mass is 390 g/mol. The number of methoxy groups -OCH3 is 1. The molecule has 27 heavy (non-hydrogen) atoms. The van der Waals surface area contributed by atoms with Crippen molar-refractivity contribution < 1.29 is 19.2 Å². The van der Waals surface area contributed by atoms with Crippen LogP contribution in [0.15, 0.2) is 46.6 Å². The first kappa shape index (κ1) is 20.0. The Kier molecular flexibility index (Phi) is 6.56. The summed E-state index contributed by atoms with van der Waals surface area (Å²) in [6.07, 6.45) is -0.275. The Labute approximate surface area is 159 Å². The second-order valence-corrected chi connectivity index (χ2v) is 5.87. The Balaban J connectivity index is 2.36. The van der Waals surface area contributed by atoms with Crippen LogP contribution in [0.1, 0.15) is 13.3 Å². The van der Waals surface area contributed by atoms with E-state index in [1.54, 1.807) is 12.1 Å². The number of non-ortho nitro benzene ring substituents is 1. The number of halogens is 1. The normalized spacial score (nSPS) is 10.6. The number of ether oxygens (including phenoxy) is 1. The molecule has 0 aliphatic heterocycles. The van der Waals surface area contributed by atoms with Crippen LogP contribution >= 0.6 is 11.6 Å². The number of rotatable bonds is 7. The third-order valence-corrected chi connectivity index (χ3v) is 3.46. The SMILES string of the molecule is COc1ccc(NC(=O)CC(C)=O)c(N=Nc2cc(Cl)cc([N+](=O)[O-])c2)c1. The van der Waals surface area contributed by atoms with Crippen molar-refractivity contribution in [2.45, 2.75) is 13.3 Å². The number of anilines is 1. The summed E-state index contributed by atoms with van der Waals surface area (Å²) in [4.78, 5) is 33.2. The highest BCUT2D eigenvalue weighted by molar-refractivity contribution is 6.31. The average Bonchev–Trinajstić information content (AvgIpc) is 2.59. The summed E-state index contributed by atoms with van der Waals surface area (Å²) >= 11 is 5.86. The van der Waals surface area contributed by atoms with Crippen LogP contribution in [-0.4, -0.2) is 23.7 Å². The van der Waals surface area contributed by atoms with Gasteiger partial charge in [0.2, 0.25) is 5.91 Å². The van der Waals surface area contributed by atoms with Gasteiger partial charge in [0.15, 0.2) is 0 Å². The van der Waals surface area contributed by atoms with Crippen LogP contribution in [-0.2, 0) is 9.59 Å². The summed E-state index contributed by atoms with van der Waals surface area (Å²) in [5.41, 5.74) is 0.492. The molecule has 9 nitrogen and oxygen atoms in total. The van der Waals surface area contributed by atoms with Gasteiger partial charge in [0.1, 0.15) is 17.2 Å². The Hall–Kier alpha value is -3.33. The molecule has 0 bridgehead atoms. The number of hydrogen-bond acceptors (Lipinski definition) is 7. The van der Waals surface area contributed by atoms with Gasteiger partial charge in [-0.3, -0.25) is 19.7 Å². The number of nitrogens with one attached hydrogen (secondary N) is 1. The summed E-state index contributed by atoms with van der Waals surface area (Å²) in [5, 5.41) is 21.6. The van der Waals surface area contributed by atoms with Gasteiger partial charge in [0, 0.05) is 23.2 Å². The molecule has 1 amide bonds. The Morgan fingerprint density at radius 2 is 1.96 bits per heavy atom. The number of hydrogen-bond donors (Lipinski definition) is 1. The fourth-order valence-electron chi connectivity index (χ4n) is 2.08. The minimum Gasteiger partial charge on any atom is -0.497 e. The number of azo groups is 1. The van der Waals surface area contributed by atoms with Crippen molar-refractivity contribution in [3.8, 4) is 5.75 Å². The summed E-state index contributed by atoms with van der Waals surface area (Å²) in [5.74, 6) is -0.316. The van der Waals surface area contributed by atoms with E-state index < -0.39 is 10.8 Å². The van der Waals surface area contributed by atoms with Crippen LogP contribution in [0.2, 0.25) is 5.02 Å². The number of nitro groups is 1. The number of carbonyl (C=O) groups excluding carboxylic acids is 2. The number of nitro benzene ring substituents is 1. The van der Waals surface area contributed by atoms with Crippen LogP contribution in [0.5, 0.6) is 5.75 Å². The Morgan fingerprint density at radius 1 is 1.22 bits per heavy atom. The maximum absolute atomic E-state index is 11.8. The van der Waals surface area contributed by atoms with E-state index in [2.05, 4.69) is 15.5 Å². The number of ketones is 1. The van der Waals surface area contributed by atoms with Crippen molar-refractivity contribution in [1.29, 1.82) is 0 Å². The highest BCUT2D eigenvalue weighted by Gasteiger charge is 2.11. The number of nitrogens with zero attached hydrogens (tertiary/aromatic N) is 3. The largest absolute Gasteiger partial charge is 0.497 e. The lowest BCUT2D eigenvalue weighted by Gasteiger charge is -2.08. The third-order valence-electron chi connectivity index (χ3n) is 3.24. The number of benzene rings is 2. The van der Waals surface area contributed by atoms with Crippen molar-refractivity contribution in [2.24, 2.45) is 10.2 Å². The van der Waals surface area contributed by atoms with Crippen LogP contribution in [0.3, 0.4) is 0 Å². The van der Waals surface area contributed by atoms with Gasteiger partial charge in [0.25, 0.3) is 5.69 Å². The molecule has 0 unspecified atom stereocenters. The first-order chi connectivity index (χ1) is 12.8. The van der Waals surface area contributed by atoms with Crippen LogP contribution in [0.4, 0.5) is 22.7 Å². The topological polar surface area (TPSA) is 123 Å². The fourth-order valence-corrected chi connectivity index (χ4v) is 2.30. The molecule has 2 aromatic rings. The maximum Gasteiger partial charge on any atom is 0.273 e. The lowest BCUT2D eigenvalue weighted by molar-refractivity contribution is -0.384. The molecule has 0 radical (unpaired) electrons. The van der Waals surface area contributed by atoms with E-state index in [9.17, 15) is 19.7 Å². The molecule has 0 aliphatic carbocycles. The van der Waals surface area contributed by atoms with Gasteiger partial charge in [-0.15, -0.1) is 5.11 Å². The van der Waals surface area contributed by atoms with E-state index in [0.29, 0.717) is 11.4 Å². The van der Waals surface area contributed by atoms with Gasteiger partial charge < -0.3 is 10.1 Å². The minimum atomic E-state index is -0.593. The maximum atomic E-state index is 11.8. The first-order valence-electron chi connectivity index (χ1n) is 7.62. The van der Waals surface area contributed by atoms with Crippen molar-refractivity contribution >= 4 is 46.0 Å². The molecule has 1 N–H and O–H groups in total. The van der Waals surface area contributed by atoms with E-state index in [4.69, 9.17) is 16.3 Å². The predicted octanol–water partition coefficient (Wildman–Crippen LogP) is 4.59. The number of Topliss-reactive ketones (excluding diaryl/α,β-unsaturated/α-hetero) is 1. The average molecular weight is 391 g/mol. The molecule has 140 valence electrons. The second kappa shape index (κ2) is 8.86. The second-order valence-electron chi connectivity index (χ2n) is 5.43. The summed E-state index contributed by atoms with van der Waals surface area (Å²) in [7, 11) is 1.46. The van der Waals surface area contributed by atoms with Crippen molar-refractivity contribution in [3.63, 3.8) is 0 Å². The van der Waals surface area contributed by atoms with Crippen molar-refractivity contribution in [2.75, 3.05) is 12.4 Å². The van der Waals surface area contributed by atoms with E-state index in [1.165, 1.54) is 38.3 Å². The molecular weight excluding hydrogens is 376 g/mol. The third kappa shape index (κ3) is 5.86. The minimum absolute atomic E-state index is 0.138. The van der Waals surface area contributed by atoms with Crippen LogP contribution < -0.4 is 10.1 Å². The lowest BCUT2D eigenvalue weighted by atomic mass is 10.2. The Bertz CT molecular complexity index is 930.